The zero-order valence-electron chi connectivity index (χ0n) is 15.3. The Labute approximate surface area is 155 Å². The fourth-order valence-electron chi connectivity index (χ4n) is 3.36. The first-order chi connectivity index (χ1) is 12.7. The third kappa shape index (κ3) is 4.82. The molecule has 1 aromatic carbocycles. The highest BCUT2D eigenvalue weighted by Gasteiger charge is 2.18. The third-order valence-electron chi connectivity index (χ3n) is 4.86. The lowest BCUT2D eigenvalue weighted by Crippen LogP contribution is -2.35. The van der Waals surface area contributed by atoms with E-state index >= 15 is 0 Å². The molecule has 3 rings (SSSR count). The topological polar surface area (TPSA) is 77.2 Å². The lowest BCUT2D eigenvalue weighted by Gasteiger charge is -2.26. The second-order valence-electron chi connectivity index (χ2n) is 6.88. The summed E-state index contributed by atoms with van der Waals surface area (Å²) in [4.78, 5) is 15.2. The number of unbranched alkanes of at least 4 members (excludes halogenated alkanes) is 2. The summed E-state index contributed by atoms with van der Waals surface area (Å²) in [6.07, 6.45) is 8.55. The lowest BCUT2D eigenvalue weighted by molar-refractivity contribution is 0.1000. The molecular formula is C21H27N3O2. The minimum Gasteiger partial charge on any atom is -0.439 e. The van der Waals surface area contributed by atoms with Crippen molar-refractivity contribution in [1.29, 1.82) is 0 Å². The number of aromatic nitrogens is 1. The van der Waals surface area contributed by atoms with Crippen LogP contribution >= 0.6 is 0 Å². The number of amides is 1. The van der Waals surface area contributed by atoms with E-state index < -0.39 is 5.91 Å². The Kier molecular flexibility index (Phi) is 6.23. The summed E-state index contributed by atoms with van der Waals surface area (Å²) < 4.78 is 5.82. The van der Waals surface area contributed by atoms with Gasteiger partial charge in [-0.25, -0.2) is 4.98 Å². The summed E-state index contributed by atoms with van der Waals surface area (Å²) in [6.45, 7) is 3.35. The highest BCUT2D eigenvalue weighted by atomic mass is 16.5. The number of nitrogens with zero attached hydrogens (tertiary/aromatic N) is 1. The number of benzene rings is 1. The number of pyridine rings is 1. The molecule has 1 heterocycles. The van der Waals surface area contributed by atoms with Gasteiger partial charge in [-0.1, -0.05) is 25.8 Å². The molecule has 0 fully saturated rings. The molecule has 0 saturated heterocycles. The van der Waals surface area contributed by atoms with E-state index in [1.54, 1.807) is 12.1 Å². The molecule has 0 aliphatic heterocycles. The summed E-state index contributed by atoms with van der Waals surface area (Å²) in [5.41, 5.74) is 8.35. The van der Waals surface area contributed by atoms with Gasteiger partial charge in [-0.3, -0.25) is 4.79 Å². The van der Waals surface area contributed by atoms with Crippen molar-refractivity contribution in [2.75, 3.05) is 6.54 Å². The van der Waals surface area contributed by atoms with Crippen molar-refractivity contribution in [3.05, 3.63) is 53.2 Å². The van der Waals surface area contributed by atoms with E-state index in [4.69, 9.17) is 10.5 Å². The van der Waals surface area contributed by atoms with Gasteiger partial charge in [0.15, 0.2) is 0 Å². The van der Waals surface area contributed by atoms with Crippen LogP contribution in [0.5, 0.6) is 11.6 Å². The van der Waals surface area contributed by atoms with Crippen LogP contribution < -0.4 is 15.8 Å². The molecule has 1 aliphatic carbocycles. The van der Waals surface area contributed by atoms with Gasteiger partial charge in [0.2, 0.25) is 11.8 Å². The van der Waals surface area contributed by atoms with Gasteiger partial charge in [0.25, 0.3) is 0 Å². The predicted octanol–water partition coefficient (Wildman–Crippen LogP) is 3.61. The van der Waals surface area contributed by atoms with Gasteiger partial charge in [-0.05, 0) is 61.6 Å². The number of primary amides is 1. The van der Waals surface area contributed by atoms with Gasteiger partial charge in [-0.15, -0.1) is 0 Å². The number of ether oxygens (including phenoxy) is 1. The van der Waals surface area contributed by atoms with Gasteiger partial charge >= 0.3 is 0 Å². The van der Waals surface area contributed by atoms with Crippen LogP contribution in [0.4, 0.5) is 0 Å². The smallest absolute Gasteiger partial charge is 0.250 e. The summed E-state index contributed by atoms with van der Waals surface area (Å²) in [7, 11) is 0. The van der Waals surface area contributed by atoms with E-state index in [0.29, 0.717) is 17.5 Å². The van der Waals surface area contributed by atoms with Crippen molar-refractivity contribution in [2.24, 2.45) is 5.73 Å². The van der Waals surface area contributed by atoms with Crippen LogP contribution in [0, 0.1) is 0 Å². The van der Waals surface area contributed by atoms with Crippen LogP contribution in [0.2, 0.25) is 0 Å². The normalized spacial score (nSPS) is 16.1. The molecule has 0 spiro atoms. The largest absolute Gasteiger partial charge is 0.439 e. The second-order valence-corrected chi connectivity index (χ2v) is 6.88. The van der Waals surface area contributed by atoms with E-state index in [0.717, 1.165) is 31.6 Å². The zero-order chi connectivity index (χ0) is 18.4. The van der Waals surface area contributed by atoms with Crippen molar-refractivity contribution < 1.29 is 9.53 Å². The molecular weight excluding hydrogens is 326 g/mol. The molecule has 1 aliphatic rings. The molecule has 2 aromatic rings. The van der Waals surface area contributed by atoms with E-state index in [1.807, 2.05) is 6.07 Å². The summed E-state index contributed by atoms with van der Waals surface area (Å²) >= 11 is 0. The van der Waals surface area contributed by atoms with Crippen LogP contribution in [0.15, 0.2) is 36.5 Å². The first-order valence-electron chi connectivity index (χ1n) is 9.44. The molecule has 3 N–H and O–H groups in total. The summed E-state index contributed by atoms with van der Waals surface area (Å²) in [5, 5.41) is 3.69. The summed E-state index contributed by atoms with van der Waals surface area (Å²) in [6, 6.07) is 10.1. The van der Waals surface area contributed by atoms with Gasteiger partial charge in [0.05, 0.1) is 5.56 Å². The molecule has 5 nitrogen and oxygen atoms in total. The van der Waals surface area contributed by atoms with Crippen molar-refractivity contribution in [2.45, 2.75) is 51.5 Å². The Balaban J connectivity index is 1.58. The summed E-state index contributed by atoms with van der Waals surface area (Å²) in [5.74, 6) is 0.745. The average Bonchev–Trinajstić information content (AvgIpc) is 2.66. The maximum absolute atomic E-state index is 11.1. The number of hydrogen-bond donors (Lipinski definition) is 2. The molecule has 0 radical (unpaired) electrons. The molecule has 1 unspecified atom stereocenters. The number of carbonyl (C=O) groups excluding carboxylic acids is 1. The molecule has 5 heteroatoms. The zero-order valence-corrected chi connectivity index (χ0v) is 15.3. The minimum atomic E-state index is -0.490. The number of rotatable bonds is 8. The molecule has 0 bridgehead atoms. The fourth-order valence-corrected chi connectivity index (χ4v) is 3.36. The van der Waals surface area contributed by atoms with Gasteiger partial charge in [-0.2, -0.15) is 0 Å². The van der Waals surface area contributed by atoms with Gasteiger partial charge in [0, 0.05) is 18.3 Å². The highest BCUT2D eigenvalue weighted by Crippen LogP contribution is 2.28. The number of hydrogen-bond acceptors (Lipinski definition) is 4. The average molecular weight is 353 g/mol. The maximum atomic E-state index is 11.1. The van der Waals surface area contributed by atoms with Gasteiger partial charge < -0.3 is 15.8 Å². The first kappa shape index (κ1) is 18.4. The van der Waals surface area contributed by atoms with Crippen LogP contribution in [-0.2, 0) is 12.8 Å². The van der Waals surface area contributed by atoms with Crippen LogP contribution in [-0.4, -0.2) is 23.5 Å². The number of carbonyl (C=O) groups is 1. The van der Waals surface area contributed by atoms with E-state index in [9.17, 15) is 4.79 Å². The first-order valence-corrected chi connectivity index (χ1v) is 9.44. The van der Waals surface area contributed by atoms with Crippen molar-refractivity contribution >= 4 is 5.91 Å². The third-order valence-corrected chi connectivity index (χ3v) is 4.86. The monoisotopic (exact) mass is 353 g/mol. The van der Waals surface area contributed by atoms with Gasteiger partial charge in [0.1, 0.15) is 5.75 Å². The SMILES string of the molecule is CCCCCNC1CCc2cc(Oc3ccc(C(N)=O)cn3)ccc2C1. The van der Waals surface area contributed by atoms with Crippen LogP contribution in [0.1, 0.15) is 54.1 Å². The molecule has 26 heavy (non-hydrogen) atoms. The van der Waals surface area contributed by atoms with Crippen LogP contribution in [0.25, 0.3) is 0 Å². The number of nitrogens with two attached hydrogens (primary N) is 1. The molecule has 1 aromatic heterocycles. The Bertz CT molecular complexity index is 743. The number of fused-ring (bicyclic) bond motifs is 1. The highest BCUT2D eigenvalue weighted by molar-refractivity contribution is 5.92. The van der Waals surface area contributed by atoms with Crippen molar-refractivity contribution in [1.82, 2.24) is 10.3 Å². The molecule has 138 valence electrons. The second kappa shape index (κ2) is 8.81. The van der Waals surface area contributed by atoms with E-state index in [2.05, 4.69) is 29.4 Å². The Morgan fingerprint density at radius 3 is 2.88 bits per heavy atom. The lowest BCUT2D eigenvalue weighted by atomic mass is 9.88. The van der Waals surface area contributed by atoms with Crippen molar-refractivity contribution in [3.8, 4) is 11.6 Å². The number of aryl methyl sites for hydroxylation is 1. The van der Waals surface area contributed by atoms with E-state index in [-0.39, 0.29) is 0 Å². The standard InChI is InChI=1S/C21H27N3O2/c1-2-3-4-11-23-18-8-5-16-13-19(9-6-15(16)12-18)26-20-10-7-17(14-24-20)21(22)25/h6-7,9-10,13-14,18,23H,2-5,8,11-12H2,1H3,(H2,22,25). The van der Waals surface area contributed by atoms with E-state index in [1.165, 1.54) is 36.6 Å². The maximum Gasteiger partial charge on any atom is 0.250 e. The quantitative estimate of drug-likeness (QED) is 0.711. The predicted molar refractivity (Wildman–Crippen MR) is 103 cm³/mol. The number of nitrogens with one attached hydrogen (secondary N) is 1. The Morgan fingerprint density at radius 1 is 1.27 bits per heavy atom. The Hall–Kier alpha value is -2.40. The van der Waals surface area contributed by atoms with Crippen LogP contribution in [0.3, 0.4) is 0 Å². The molecule has 1 amide bonds. The van der Waals surface area contributed by atoms with Crippen molar-refractivity contribution in [3.63, 3.8) is 0 Å². The molecule has 0 saturated carbocycles. The molecule has 1 atom stereocenters. The minimum absolute atomic E-state index is 0.375. The fraction of sp³-hybridized carbons (Fsp3) is 0.429. The Morgan fingerprint density at radius 2 is 2.15 bits per heavy atom.